The lowest BCUT2D eigenvalue weighted by atomic mass is 10.0. The van der Waals surface area contributed by atoms with E-state index in [1.54, 1.807) is 39.8 Å². The highest BCUT2D eigenvalue weighted by Crippen LogP contribution is 2.23. The van der Waals surface area contributed by atoms with Crippen molar-refractivity contribution in [3.05, 3.63) is 35.9 Å². The molecule has 0 fully saturated rings. The monoisotopic (exact) mass is 437 g/mol. The molecule has 0 radical (unpaired) electrons. The molecule has 0 aromatic heterocycles. The van der Waals surface area contributed by atoms with E-state index in [9.17, 15) is 14.4 Å². The van der Waals surface area contributed by atoms with E-state index >= 15 is 0 Å². The van der Waals surface area contributed by atoms with Crippen LogP contribution in [-0.2, 0) is 14.3 Å². The second-order valence-electron chi connectivity index (χ2n) is 9.06. The number of hydrogen-bond acceptors (Lipinski definition) is 5. The molecule has 168 valence electrons. The Labute approximate surface area is 185 Å². The molecule has 0 spiro atoms. The molecule has 1 rings (SSSR count). The fourth-order valence-corrected chi connectivity index (χ4v) is 3.09. The highest BCUT2D eigenvalue weighted by atomic mass is 32.1. The molecule has 0 aliphatic carbocycles. The Bertz CT molecular complexity index is 726. The topological polar surface area (TPSA) is 87.7 Å². The van der Waals surface area contributed by atoms with Gasteiger partial charge in [0.1, 0.15) is 17.7 Å². The Morgan fingerprint density at radius 2 is 1.63 bits per heavy atom. The maximum atomic E-state index is 13.3. The number of carbonyl (C=O) groups is 3. The standard InChI is InChI=1S/C22H35N3O4S/c1-8-25(19(27)16(14-30)23-20(28)29-22(5,6)7)17(15-12-10-9-11-13-15)18(26)24-21(2,3)4/h9-13,16-17,30H,8,14H2,1-7H3,(H,23,28)(H,24,26). The Morgan fingerprint density at radius 1 is 1.07 bits per heavy atom. The lowest BCUT2D eigenvalue weighted by molar-refractivity contribution is -0.142. The molecule has 3 amide bonds. The van der Waals surface area contributed by atoms with Crippen molar-refractivity contribution in [1.82, 2.24) is 15.5 Å². The lowest BCUT2D eigenvalue weighted by Gasteiger charge is -2.35. The van der Waals surface area contributed by atoms with Gasteiger partial charge in [-0.15, -0.1) is 0 Å². The molecule has 0 aliphatic rings. The van der Waals surface area contributed by atoms with E-state index in [1.807, 2.05) is 39.0 Å². The van der Waals surface area contributed by atoms with E-state index < -0.39 is 35.2 Å². The zero-order chi connectivity index (χ0) is 23.1. The van der Waals surface area contributed by atoms with Crippen LogP contribution in [0.3, 0.4) is 0 Å². The fraction of sp³-hybridized carbons (Fsp3) is 0.591. The summed E-state index contributed by atoms with van der Waals surface area (Å²) in [6.45, 7) is 12.9. The summed E-state index contributed by atoms with van der Waals surface area (Å²) in [6.07, 6.45) is -0.707. The largest absolute Gasteiger partial charge is 0.444 e. The van der Waals surface area contributed by atoms with Crippen molar-refractivity contribution >= 4 is 30.5 Å². The van der Waals surface area contributed by atoms with Crippen molar-refractivity contribution in [2.24, 2.45) is 0 Å². The van der Waals surface area contributed by atoms with Gasteiger partial charge in [-0.1, -0.05) is 30.3 Å². The molecular formula is C22H35N3O4S. The molecule has 0 heterocycles. The van der Waals surface area contributed by atoms with Gasteiger partial charge >= 0.3 is 6.09 Å². The summed E-state index contributed by atoms with van der Waals surface area (Å²) in [7, 11) is 0. The van der Waals surface area contributed by atoms with E-state index in [2.05, 4.69) is 23.3 Å². The average Bonchev–Trinajstić information content (AvgIpc) is 2.61. The third-order valence-corrected chi connectivity index (χ3v) is 4.33. The molecule has 8 heteroatoms. The lowest BCUT2D eigenvalue weighted by Crippen LogP contribution is -2.55. The third-order valence-electron chi connectivity index (χ3n) is 3.97. The summed E-state index contributed by atoms with van der Waals surface area (Å²) < 4.78 is 5.26. The quantitative estimate of drug-likeness (QED) is 0.571. The second-order valence-corrected chi connectivity index (χ2v) is 9.42. The highest BCUT2D eigenvalue weighted by molar-refractivity contribution is 7.80. The predicted octanol–water partition coefficient (Wildman–Crippen LogP) is 3.31. The molecule has 2 N–H and O–H groups in total. The number of alkyl carbamates (subject to hydrolysis) is 1. The van der Waals surface area contributed by atoms with Crippen LogP contribution in [0.15, 0.2) is 30.3 Å². The van der Waals surface area contributed by atoms with E-state index in [4.69, 9.17) is 4.74 Å². The molecule has 1 aromatic rings. The van der Waals surface area contributed by atoms with Gasteiger partial charge in [0.15, 0.2) is 0 Å². The minimum absolute atomic E-state index is 0.0664. The first-order valence-corrected chi connectivity index (χ1v) is 10.7. The van der Waals surface area contributed by atoms with Crippen LogP contribution in [0.1, 0.15) is 60.1 Å². The molecule has 0 saturated carbocycles. The second kappa shape index (κ2) is 10.7. The normalized spacial score (nSPS) is 13.7. The van der Waals surface area contributed by atoms with Crippen LogP contribution in [0.2, 0.25) is 0 Å². The first kappa shape index (κ1) is 25.8. The van der Waals surface area contributed by atoms with Gasteiger partial charge in [-0.2, -0.15) is 12.6 Å². The van der Waals surface area contributed by atoms with Crippen LogP contribution in [0.25, 0.3) is 0 Å². The first-order valence-electron chi connectivity index (χ1n) is 10.1. The number of ether oxygens (including phenoxy) is 1. The van der Waals surface area contributed by atoms with E-state index in [1.165, 1.54) is 4.90 Å². The number of nitrogens with zero attached hydrogens (tertiary/aromatic N) is 1. The van der Waals surface area contributed by atoms with Crippen LogP contribution in [-0.4, -0.2) is 52.3 Å². The summed E-state index contributed by atoms with van der Waals surface area (Å²) >= 11 is 4.23. The number of nitrogens with one attached hydrogen (secondary N) is 2. The van der Waals surface area contributed by atoms with Gasteiger partial charge in [0, 0.05) is 17.8 Å². The molecule has 30 heavy (non-hydrogen) atoms. The van der Waals surface area contributed by atoms with Crippen LogP contribution >= 0.6 is 12.6 Å². The molecule has 0 aliphatic heterocycles. The van der Waals surface area contributed by atoms with Crippen molar-refractivity contribution in [3.8, 4) is 0 Å². The average molecular weight is 438 g/mol. The Hall–Kier alpha value is -2.22. The zero-order valence-corrected chi connectivity index (χ0v) is 19.9. The Balaban J connectivity index is 3.20. The summed E-state index contributed by atoms with van der Waals surface area (Å²) in [5.74, 6) is -0.632. The van der Waals surface area contributed by atoms with E-state index in [-0.39, 0.29) is 18.2 Å². The Kier molecular flexibility index (Phi) is 9.21. The molecule has 1 aromatic carbocycles. The smallest absolute Gasteiger partial charge is 0.408 e. The van der Waals surface area contributed by atoms with E-state index in [0.717, 1.165) is 0 Å². The van der Waals surface area contributed by atoms with Crippen molar-refractivity contribution in [3.63, 3.8) is 0 Å². The highest BCUT2D eigenvalue weighted by Gasteiger charge is 2.36. The number of amides is 3. The maximum Gasteiger partial charge on any atom is 0.408 e. The minimum atomic E-state index is -0.934. The minimum Gasteiger partial charge on any atom is -0.444 e. The van der Waals surface area contributed by atoms with Gasteiger partial charge in [-0.25, -0.2) is 4.79 Å². The van der Waals surface area contributed by atoms with Crippen LogP contribution < -0.4 is 10.6 Å². The molecular weight excluding hydrogens is 402 g/mol. The molecule has 0 bridgehead atoms. The van der Waals surface area contributed by atoms with Gasteiger partial charge in [-0.3, -0.25) is 9.59 Å². The summed E-state index contributed by atoms with van der Waals surface area (Å²) in [4.78, 5) is 40.1. The van der Waals surface area contributed by atoms with Crippen molar-refractivity contribution in [2.75, 3.05) is 12.3 Å². The number of benzene rings is 1. The summed E-state index contributed by atoms with van der Waals surface area (Å²) in [5.41, 5.74) is -0.480. The van der Waals surface area contributed by atoms with Crippen LogP contribution in [0.4, 0.5) is 4.79 Å². The summed E-state index contributed by atoms with van der Waals surface area (Å²) in [5, 5.41) is 5.52. The molecule has 2 unspecified atom stereocenters. The zero-order valence-electron chi connectivity index (χ0n) is 19.0. The first-order chi connectivity index (χ1) is 13.8. The SMILES string of the molecule is CCN(C(=O)C(CS)NC(=O)OC(C)(C)C)C(C(=O)NC(C)(C)C)c1ccccc1. The number of likely N-dealkylation sites (N-methyl/N-ethyl adjacent to an activating group) is 1. The maximum absolute atomic E-state index is 13.3. The van der Waals surface area contributed by atoms with Gasteiger partial charge in [-0.05, 0) is 54.0 Å². The number of rotatable bonds is 7. The molecule has 0 saturated heterocycles. The van der Waals surface area contributed by atoms with Gasteiger partial charge in [0.25, 0.3) is 0 Å². The van der Waals surface area contributed by atoms with Crippen molar-refractivity contribution in [1.29, 1.82) is 0 Å². The number of hydrogen-bond donors (Lipinski definition) is 3. The summed E-state index contributed by atoms with van der Waals surface area (Å²) in [6, 6.07) is 7.32. The van der Waals surface area contributed by atoms with Crippen LogP contribution in [0.5, 0.6) is 0 Å². The van der Waals surface area contributed by atoms with Gasteiger partial charge in [0.2, 0.25) is 11.8 Å². The van der Waals surface area contributed by atoms with Gasteiger partial charge < -0.3 is 20.3 Å². The van der Waals surface area contributed by atoms with Gasteiger partial charge in [0.05, 0.1) is 0 Å². The van der Waals surface area contributed by atoms with Crippen molar-refractivity contribution < 1.29 is 19.1 Å². The number of thiol groups is 1. The van der Waals surface area contributed by atoms with Crippen LogP contribution in [0, 0.1) is 0 Å². The third kappa shape index (κ3) is 8.26. The Morgan fingerprint density at radius 3 is 2.07 bits per heavy atom. The van der Waals surface area contributed by atoms with Crippen molar-refractivity contribution in [2.45, 2.75) is 71.7 Å². The molecule has 2 atom stereocenters. The molecule has 7 nitrogen and oxygen atoms in total. The number of carbonyl (C=O) groups excluding carboxylic acids is 3. The van der Waals surface area contributed by atoms with E-state index in [0.29, 0.717) is 5.56 Å². The predicted molar refractivity (Wildman–Crippen MR) is 121 cm³/mol. The fourth-order valence-electron chi connectivity index (χ4n) is 2.85.